The smallest absolute Gasteiger partial charge is 0.267 e. The van der Waals surface area contributed by atoms with Gasteiger partial charge in [0.15, 0.2) is 0 Å². The third-order valence-corrected chi connectivity index (χ3v) is 7.68. The average Bonchev–Trinajstić information content (AvgIpc) is 3.31. The Kier molecular flexibility index (Phi) is 7.04. The van der Waals surface area contributed by atoms with Crippen molar-refractivity contribution in [2.75, 3.05) is 35.8 Å². The highest BCUT2D eigenvalue weighted by Crippen LogP contribution is 2.32. The first-order chi connectivity index (χ1) is 18.2. The maximum atomic E-state index is 13.0. The van der Waals surface area contributed by atoms with Gasteiger partial charge in [0.25, 0.3) is 10.0 Å². The Morgan fingerprint density at radius 1 is 0.974 bits per heavy atom. The van der Waals surface area contributed by atoms with Crippen LogP contribution in [0.4, 0.5) is 11.6 Å². The number of anilines is 2. The lowest BCUT2D eigenvalue weighted by Gasteiger charge is -2.29. The molecule has 198 valence electrons. The SMILES string of the molecule is Cc1cc(C)c(-c2cc(Oc3ccc(N4CCNCC4)cc3)nc(NS(=O)(=O)c3cnn(C)c3)n2)c(C)c1. The van der Waals surface area contributed by atoms with E-state index in [0.29, 0.717) is 11.4 Å². The van der Waals surface area contributed by atoms with E-state index in [1.54, 1.807) is 13.1 Å². The van der Waals surface area contributed by atoms with Gasteiger partial charge in [-0.1, -0.05) is 17.7 Å². The zero-order valence-corrected chi connectivity index (χ0v) is 22.7. The molecule has 1 saturated heterocycles. The van der Waals surface area contributed by atoms with Crippen molar-refractivity contribution >= 4 is 21.7 Å². The van der Waals surface area contributed by atoms with Gasteiger partial charge < -0.3 is 15.0 Å². The fourth-order valence-electron chi connectivity index (χ4n) is 4.72. The summed E-state index contributed by atoms with van der Waals surface area (Å²) in [6.45, 7) is 9.86. The van der Waals surface area contributed by atoms with E-state index in [-0.39, 0.29) is 16.7 Å². The molecule has 1 fully saturated rings. The van der Waals surface area contributed by atoms with Crippen LogP contribution in [0.15, 0.2) is 59.8 Å². The second-order valence-electron chi connectivity index (χ2n) is 9.48. The van der Waals surface area contributed by atoms with Crippen molar-refractivity contribution in [1.82, 2.24) is 25.1 Å². The number of rotatable bonds is 7. The van der Waals surface area contributed by atoms with Gasteiger partial charge in [-0.15, -0.1) is 0 Å². The van der Waals surface area contributed by atoms with Crippen molar-refractivity contribution in [2.24, 2.45) is 7.05 Å². The molecule has 2 aromatic carbocycles. The van der Waals surface area contributed by atoms with Crippen LogP contribution in [0.3, 0.4) is 0 Å². The molecule has 3 heterocycles. The van der Waals surface area contributed by atoms with E-state index in [0.717, 1.165) is 54.1 Å². The second kappa shape index (κ2) is 10.4. The number of ether oxygens (including phenoxy) is 1. The number of aromatic nitrogens is 4. The first-order valence-corrected chi connectivity index (χ1v) is 13.9. The molecule has 1 aliphatic heterocycles. The van der Waals surface area contributed by atoms with Crippen LogP contribution in [0.5, 0.6) is 11.6 Å². The fourth-order valence-corrected chi connectivity index (χ4v) is 5.65. The molecular formula is C27H31N7O3S. The zero-order chi connectivity index (χ0) is 26.9. The molecule has 4 aromatic rings. The summed E-state index contributed by atoms with van der Waals surface area (Å²) in [5.41, 5.74) is 5.77. The third-order valence-electron chi connectivity index (χ3n) is 6.39. The summed E-state index contributed by atoms with van der Waals surface area (Å²) in [4.78, 5) is 11.3. The van der Waals surface area contributed by atoms with Crippen molar-refractivity contribution in [2.45, 2.75) is 25.7 Å². The van der Waals surface area contributed by atoms with E-state index in [1.807, 2.05) is 45.0 Å². The molecule has 0 amide bonds. The van der Waals surface area contributed by atoms with Gasteiger partial charge in [-0.05, 0) is 56.2 Å². The standard InChI is InChI=1S/C27H31N7O3S/c1-18-13-19(2)26(20(3)14-18)24-15-25(31-27(30-24)32-38(35,36)23-16-29-33(4)17-23)37-22-7-5-21(6-8-22)34-11-9-28-10-12-34/h5-8,13-17,28H,9-12H2,1-4H3,(H,30,31,32). The van der Waals surface area contributed by atoms with E-state index < -0.39 is 10.0 Å². The van der Waals surface area contributed by atoms with Crippen molar-refractivity contribution in [1.29, 1.82) is 0 Å². The summed E-state index contributed by atoms with van der Waals surface area (Å²) in [6, 6.07) is 13.7. The number of aryl methyl sites for hydroxylation is 4. The topological polar surface area (TPSA) is 114 Å². The minimum absolute atomic E-state index is 0.0164. The van der Waals surface area contributed by atoms with E-state index in [2.05, 4.69) is 42.1 Å². The molecule has 0 atom stereocenters. The molecule has 1 aliphatic rings. The van der Waals surface area contributed by atoms with Crippen LogP contribution in [-0.2, 0) is 17.1 Å². The Bertz CT molecular complexity index is 1540. The molecule has 2 aromatic heterocycles. The van der Waals surface area contributed by atoms with E-state index >= 15 is 0 Å². The monoisotopic (exact) mass is 533 g/mol. The molecule has 0 unspecified atom stereocenters. The number of hydrogen-bond donors (Lipinski definition) is 2. The molecule has 0 aliphatic carbocycles. The summed E-state index contributed by atoms with van der Waals surface area (Å²) in [5.74, 6) is 0.735. The molecule has 38 heavy (non-hydrogen) atoms. The molecule has 0 saturated carbocycles. The summed E-state index contributed by atoms with van der Waals surface area (Å²) >= 11 is 0. The number of nitrogens with one attached hydrogen (secondary N) is 2. The summed E-state index contributed by atoms with van der Waals surface area (Å²) < 4.78 is 36.0. The lowest BCUT2D eigenvalue weighted by molar-refractivity contribution is 0.463. The number of sulfonamides is 1. The summed E-state index contributed by atoms with van der Waals surface area (Å²) in [7, 11) is -2.30. The van der Waals surface area contributed by atoms with E-state index in [4.69, 9.17) is 4.74 Å². The van der Waals surface area contributed by atoms with E-state index in [1.165, 1.54) is 17.1 Å². The number of hydrogen-bond acceptors (Lipinski definition) is 8. The van der Waals surface area contributed by atoms with Gasteiger partial charge in [-0.2, -0.15) is 10.1 Å². The maximum Gasteiger partial charge on any atom is 0.267 e. The highest BCUT2D eigenvalue weighted by molar-refractivity contribution is 7.92. The molecule has 0 spiro atoms. The largest absolute Gasteiger partial charge is 0.439 e. The quantitative estimate of drug-likeness (QED) is 0.369. The van der Waals surface area contributed by atoms with Crippen LogP contribution in [0.1, 0.15) is 16.7 Å². The highest BCUT2D eigenvalue weighted by Gasteiger charge is 2.20. The molecule has 0 radical (unpaired) electrons. The lowest BCUT2D eigenvalue weighted by atomic mass is 9.97. The predicted octanol–water partition coefficient (Wildman–Crippen LogP) is 3.81. The first-order valence-electron chi connectivity index (χ1n) is 12.4. The van der Waals surface area contributed by atoms with Gasteiger partial charge in [-0.25, -0.2) is 18.1 Å². The Labute approximate surface area is 222 Å². The van der Waals surface area contributed by atoms with Gasteiger partial charge in [0.2, 0.25) is 11.8 Å². The molecule has 11 heteroatoms. The van der Waals surface area contributed by atoms with Gasteiger partial charge in [0.1, 0.15) is 10.6 Å². The van der Waals surface area contributed by atoms with E-state index in [9.17, 15) is 8.42 Å². The zero-order valence-electron chi connectivity index (χ0n) is 21.9. The van der Waals surface area contributed by atoms with Gasteiger partial charge >= 0.3 is 0 Å². The van der Waals surface area contributed by atoms with Crippen LogP contribution in [0, 0.1) is 20.8 Å². The van der Waals surface area contributed by atoms with Crippen LogP contribution in [0.25, 0.3) is 11.3 Å². The molecule has 10 nitrogen and oxygen atoms in total. The van der Waals surface area contributed by atoms with Crippen LogP contribution in [-0.4, -0.2) is 54.3 Å². The van der Waals surface area contributed by atoms with Crippen LogP contribution in [0.2, 0.25) is 0 Å². The fraction of sp³-hybridized carbons (Fsp3) is 0.296. The normalized spacial score (nSPS) is 13.9. The van der Waals surface area contributed by atoms with Gasteiger partial charge in [-0.3, -0.25) is 4.68 Å². The maximum absolute atomic E-state index is 13.0. The van der Waals surface area contributed by atoms with Crippen molar-refractivity contribution in [3.63, 3.8) is 0 Å². The molecule has 0 bridgehead atoms. The minimum Gasteiger partial charge on any atom is -0.439 e. The molecule has 2 N–H and O–H groups in total. The third kappa shape index (κ3) is 5.63. The van der Waals surface area contributed by atoms with Crippen LogP contribution < -0.4 is 19.7 Å². The van der Waals surface area contributed by atoms with Gasteiger partial charge in [0, 0.05) is 56.7 Å². The number of nitrogens with zero attached hydrogens (tertiary/aromatic N) is 5. The lowest BCUT2D eigenvalue weighted by Crippen LogP contribution is -2.43. The predicted molar refractivity (Wildman–Crippen MR) is 147 cm³/mol. The van der Waals surface area contributed by atoms with Crippen molar-refractivity contribution in [3.05, 3.63) is 71.5 Å². The van der Waals surface area contributed by atoms with Crippen molar-refractivity contribution in [3.8, 4) is 22.9 Å². The van der Waals surface area contributed by atoms with Crippen molar-refractivity contribution < 1.29 is 13.2 Å². The Hall–Kier alpha value is -3.96. The molecule has 5 rings (SSSR count). The molecular weight excluding hydrogens is 502 g/mol. The minimum atomic E-state index is -3.95. The highest BCUT2D eigenvalue weighted by atomic mass is 32.2. The summed E-state index contributed by atoms with van der Waals surface area (Å²) in [5, 5.41) is 7.32. The Morgan fingerprint density at radius 3 is 2.29 bits per heavy atom. The first kappa shape index (κ1) is 25.7. The van der Waals surface area contributed by atoms with Crippen LogP contribution >= 0.6 is 0 Å². The Morgan fingerprint density at radius 2 is 1.66 bits per heavy atom. The number of piperazine rings is 1. The second-order valence-corrected chi connectivity index (χ2v) is 11.2. The summed E-state index contributed by atoms with van der Waals surface area (Å²) in [6.07, 6.45) is 2.69. The van der Waals surface area contributed by atoms with Gasteiger partial charge in [0.05, 0.1) is 11.9 Å². The number of benzene rings is 2. The Balaban J connectivity index is 1.50. The average molecular weight is 534 g/mol.